The Hall–Kier alpha value is -1.26. The van der Waals surface area contributed by atoms with Crippen molar-refractivity contribution < 1.29 is 9.90 Å². The minimum atomic E-state index is -0.254. The molecule has 1 amide bonds. The second-order valence-electron chi connectivity index (χ2n) is 5.65. The molecule has 1 aromatic carbocycles. The lowest BCUT2D eigenvalue weighted by molar-refractivity contribution is 0.0946. The van der Waals surface area contributed by atoms with Gasteiger partial charge in [-0.05, 0) is 50.9 Å². The number of phenols is 1. The Morgan fingerprint density at radius 3 is 3.00 bits per heavy atom. The molecule has 1 atom stereocenters. The maximum Gasteiger partial charge on any atom is 0.255 e. The summed E-state index contributed by atoms with van der Waals surface area (Å²) in [6.07, 6.45) is 4.79. The number of likely N-dealkylation sites (tertiary alicyclic amines) is 1. The fraction of sp³-hybridized carbons (Fsp3) is 0.562. The fourth-order valence-electron chi connectivity index (χ4n) is 2.77. The molecule has 1 saturated heterocycles. The van der Waals surface area contributed by atoms with E-state index in [1.54, 1.807) is 12.1 Å². The van der Waals surface area contributed by atoms with E-state index in [0.29, 0.717) is 17.6 Å². The molecule has 1 aliphatic rings. The number of nitrogens with one attached hydrogen (secondary N) is 1. The van der Waals surface area contributed by atoms with Gasteiger partial charge in [0.05, 0.1) is 5.56 Å². The van der Waals surface area contributed by atoms with Gasteiger partial charge in [0.15, 0.2) is 0 Å². The summed E-state index contributed by atoms with van der Waals surface area (Å²) in [6, 6.07) is 5.17. The molecule has 1 unspecified atom stereocenters. The van der Waals surface area contributed by atoms with Crippen molar-refractivity contribution in [3.63, 3.8) is 0 Å². The standard InChI is InChI=1S/C16H23ClN2O2/c1-12-5-2-3-9-19(12)10-4-8-18-16(21)14-7-6-13(17)11-15(14)20/h6-7,11-12,20H,2-5,8-10H2,1H3,(H,18,21). The van der Waals surface area contributed by atoms with Crippen LogP contribution < -0.4 is 5.32 Å². The number of phenolic OH excluding ortho intramolecular Hbond substituents is 1. The molecule has 2 N–H and O–H groups in total. The summed E-state index contributed by atoms with van der Waals surface area (Å²) in [5.41, 5.74) is 0.269. The van der Waals surface area contributed by atoms with Gasteiger partial charge in [0.1, 0.15) is 5.75 Å². The number of nitrogens with zero attached hydrogens (tertiary/aromatic N) is 1. The Kier molecular flexibility index (Phi) is 5.88. The molecular weight excluding hydrogens is 288 g/mol. The first-order chi connectivity index (χ1) is 10.1. The lowest BCUT2D eigenvalue weighted by atomic mass is 10.0. The Morgan fingerprint density at radius 1 is 1.48 bits per heavy atom. The van der Waals surface area contributed by atoms with E-state index < -0.39 is 0 Å². The van der Waals surface area contributed by atoms with E-state index in [2.05, 4.69) is 17.1 Å². The third-order valence-corrected chi connectivity index (χ3v) is 4.29. The summed E-state index contributed by atoms with van der Waals surface area (Å²) < 4.78 is 0. The number of carbonyl (C=O) groups excluding carboxylic acids is 1. The van der Waals surface area contributed by atoms with Gasteiger partial charge in [-0.25, -0.2) is 0 Å². The Morgan fingerprint density at radius 2 is 2.29 bits per heavy atom. The van der Waals surface area contributed by atoms with E-state index in [4.69, 9.17) is 11.6 Å². The molecule has 1 aliphatic heterocycles. The van der Waals surface area contributed by atoms with Gasteiger partial charge in [0.2, 0.25) is 0 Å². The predicted octanol–water partition coefficient (Wildman–Crippen LogP) is 3.04. The van der Waals surface area contributed by atoms with E-state index in [1.807, 2.05) is 0 Å². The summed E-state index contributed by atoms with van der Waals surface area (Å²) in [5.74, 6) is -0.333. The second kappa shape index (κ2) is 7.66. The van der Waals surface area contributed by atoms with Crippen molar-refractivity contribution in [2.45, 2.75) is 38.6 Å². The molecule has 0 radical (unpaired) electrons. The van der Waals surface area contributed by atoms with Gasteiger partial charge < -0.3 is 15.3 Å². The van der Waals surface area contributed by atoms with Gasteiger partial charge >= 0.3 is 0 Å². The highest BCUT2D eigenvalue weighted by Crippen LogP contribution is 2.21. The summed E-state index contributed by atoms with van der Waals surface area (Å²) in [7, 11) is 0. The summed E-state index contributed by atoms with van der Waals surface area (Å²) in [4.78, 5) is 14.4. The summed E-state index contributed by atoms with van der Waals surface area (Å²) in [6.45, 7) is 5.05. The largest absolute Gasteiger partial charge is 0.507 e. The Bertz CT molecular complexity index is 493. The lowest BCUT2D eigenvalue weighted by Gasteiger charge is -2.33. The van der Waals surface area contributed by atoms with Gasteiger partial charge in [0, 0.05) is 24.2 Å². The number of piperidine rings is 1. The minimum Gasteiger partial charge on any atom is -0.507 e. The van der Waals surface area contributed by atoms with Crippen molar-refractivity contribution in [3.8, 4) is 5.75 Å². The highest BCUT2D eigenvalue weighted by molar-refractivity contribution is 6.30. The average Bonchev–Trinajstić information content (AvgIpc) is 2.45. The van der Waals surface area contributed by atoms with Gasteiger partial charge in [-0.2, -0.15) is 0 Å². The Labute approximate surface area is 131 Å². The highest BCUT2D eigenvalue weighted by atomic mass is 35.5. The van der Waals surface area contributed by atoms with Crippen LogP contribution in [0.5, 0.6) is 5.75 Å². The van der Waals surface area contributed by atoms with Crippen LogP contribution in [-0.4, -0.2) is 41.6 Å². The zero-order valence-corrected chi connectivity index (χ0v) is 13.2. The molecule has 0 aliphatic carbocycles. The van der Waals surface area contributed by atoms with Gasteiger partial charge in [-0.1, -0.05) is 18.0 Å². The molecule has 1 heterocycles. The van der Waals surface area contributed by atoms with Crippen molar-refractivity contribution >= 4 is 17.5 Å². The molecule has 0 spiro atoms. The normalized spacial score (nSPS) is 19.4. The molecule has 0 aromatic heterocycles. The quantitative estimate of drug-likeness (QED) is 0.822. The van der Waals surface area contributed by atoms with E-state index in [-0.39, 0.29) is 17.2 Å². The first-order valence-corrected chi connectivity index (χ1v) is 7.96. The molecule has 2 rings (SSSR count). The summed E-state index contributed by atoms with van der Waals surface area (Å²) in [5, 5.41) is 13.0. The molecule has 5 heteroatoms. The number of amides is 1. The SMILES string of the molecule is CC1CCCCN1CCCNC(=O)c1ccc(Cl)cc1O. The molecule has 1 fully saturated rings. The molecule has 116 valence electrons. The van der Waals surface area contributed by atoms with Crippen molar-refractivity contribution in [1.82, 2.24) is 10.2 Å². The zero-order valence-electron chi connectivity index (χ0n) is 12.4. The molecule has 4 nitrogen and oxygen atoms in total. The van der Waals surface area contributed by atoms with Crippen LogP contribution in [0.25, 0.3) is 0 Å². The molecule has 1 aromatic rings. The van der Waals surface area contributed by atoms with E-state index in [0.717, 1.165) is 19.5 Å². The monoisotopic (exact) mass is 310 g/mol. The molecule has 0 bridgehead atoms. The predicted molar refractivity (Wildman–Crippen MR) is 85.0 cm³/mol. The lowest BCUT2D eigenvalue weighted by Crippen LogP contribution is -2.39. The van der Waals surface area contributed by atoms with Crippen molar-refractivity contribution in [3.05, 3.63) is 28.8 Å². The second-order valence-corrected chi connectivity index (χ2v) is 6.09. The van der Waals surface area contributed by atoms with E-state index in [1.165, 1.54) is 25.3 Å². The van der Waals surface area contributed by atoms with Crippen LogP contribution in [0, 0.1) is 0 Å². The van der Waals surface area contributed by atoms with Gasteiger partial charge in [-0.3, -0.25) is 4.79 Å². The van der Waals surface area contributed by atoms with E-state index in [9.17, 15) is 9.90 Å². The number of carbonyl (C=O) groups is 1. The first-order valence-electron chi connectivity index (χ1n) is 7.58. The van der Waals surface area contributed by atoms with Crippen molar-refractivity contribution in [2.24, 2.45) is 0 Å². The number of hydrogen-bond acceptors (Lipinski definition) is 3. The van der Waals surface area contributed by atoms with Crippen molar-refractivity contribution in [2.75, 3.05) is 19.6 Å². The topological polar surface area (TPSA) is 52.6 Å². The third-order valence-electron chi connectivity index (χ3n) is 4.05. The number of rotatable bonds is 5. The number of halogens is 1. The smallest absolute Gasteiger partial charge is 0.255 e. The zero-order chi connectivity index (χ0) is 15.2. The minimum absolute atomic E-state index is 0.0790. The van der Waals surface area contributed by atoms with Gasteiger partial charge in [-0.15, -0.1) is 0 Å². The van der Waals surface area contributed by atoms with Crippen LogP contribution in [0.4, 0.5) is 0 Å². The first kappa shape index (κ1) is 16.1. The maximum atomic E-state index is 12.0. The number of aromatic hydroxyl groups is 1. The molecule has 21 heavy (non-hydrogen) atoms. The highest BCUT2D eigenvalue weighted by Gasteiger charge is 2.17. The van der Waals surface area contributed by atoms with Crippen LogP contribution in [0.2, 0.25) is 5.02 Å². The molecule has 0 saturated carbocycles. The van der Waals surface area contributed by atoms with Crippen LogP contribution in [0.15, 0.2) is 18.2 Å². The van der Waals surface area contributed by atoms with Crippen LogP contribution >= 0.6 is 11.6 Å². The number of hydrogen-bond donors (Lipinski definition) is 2. The van der Waals surface area contributed by atoms with Gasteiger partial charge in [0.25, 0.3) is 5.91 Å². The van der Waals surface area contributed by atoms with Crippen LogP contribution in [0.1, 0.15) is 43.0 Å². The summed E-state index contributed by atoms with van der Waals surface area (Å²) >= 11 is 5.75. The maximum absolute atomic E-state index is 12.0. The van der Waals surface area contributed by atoms with E-state index >= 15 is 0 Å². The van der Waals surface area contributed by atoms with Crippen molar-refractivity contribution in [1.29, 1.82) is 0 Å². The molecular formula is C16H23ClN2O2. The van der Waals surface area contributed by atoms with Crippen LogP contribution in [-0.2, 0) is 0 Å². The average molecular weight is 311 g/mol. The third kappa shape index (κ3) is 4.61. The number of benzene rings is 1. The Balaban J connectivity index is 1.74. The fourth-order valence-corrected chi connectivity index (χ4v) is 2.93. The van der Waals surface area contributed by atoms with Crippen LogP contribution in [0.3, 0.4) is 0 Å².